The number of piperidine rings is 1. The predicted molar refractivity (Wildman–Crippen MR) is 106 cm³/mol. The summed E-state index contributed by atoms with van der Waals surface area (Å²) in [6, 6.07) is 5.65. The number of halogens is 1. The average Bonchev–Trinajstić information content (AvgIpc) is 2.64. The Labute approximate surface area is 162 Å². The molecular formula is C17H22ClN5O2S. The van der Waals surface area contributed by atoms with Crippen LogP contribution in [0.1, 0.15) is 19.8 Å². The summed E-state index contributed by atoms with van der Waals surface area (Å²) < 4.78 is 5.04. The molecule has 26 heavy (non-hydrogen) atoms. The number of nitriles is 1. The predicted octanol–water partition coefficient (Wildman–Crippen LogP) is 3.79. The number of aliphatic imine (C=N–C) groups is 1. The van der Waals surface area contributed by atoms with E-state index in [0.717, 1.165) is 18.5 Å². The van der Waals surface area contributed by atoms with E-state index in [0.29, 0.717) is 35.6 Å². The van der Waals surface area contributed by atoms with Crippen LogP contribution in [-0.4, -0.2) is 48.2 Å². The van der Waals surface area contributed by atoms with Crippen molar-refractivity contribution in [1.29, 1.82) is 5.26 Å². The molecule has 1 aliphatic heterocycles. The number of anilines is 1. The van der Waals surface area contributed by atoms with E-state index in [2.05, 4.69) is 15.6 Å². The van der Waals surface area contributed by atoms with E-state index in [4.69, 9.17) is 21.6 Å². The summed E-state index contributed by atoms with van der Waals surface area (Å²) in [6.45, 7) is 3.49. The van der Waals surface area contributed by atoms with E-state index < -0.39 is 0 Å². The fraction of sp³-hybridized carbons (Fsp3) is 0.471. The van der Waals surface area contributed by atoms with Crippen LogP contribution >= 0.6 is 23.4 Å². The monoisotopic (exact) mass is 395 g/mol. The fourth-order valence-electron chi connectivity index (χ4n) is 2.64. The minimum absolute atomic E-state index is 0.220. The SMILES string of the molecule is CCOC(=O)N1CCC(Nc2ccc(Cl)cc2N=C(NC#N)SC)CC1. The molecule has 7 nitrogen and oxygen atoms in total. The first-order valence-electron chi connectivity index (χ1n) is 8.33. The number of carbonyl (C=O) groups excluding carboxylic acids is 1. The molecule has 1 fully saturated rings. The number of thioether (sulfide) groups is 1. The minimum atomic E-state index is -0.255. The molecule has 0 radical (unpaired) electrons. The Bertz CT molecular complexity index is 699. The van der Waals surface area contributed by atoms with Crippen molar-refractivity contribution in [3.63, 3.8) is 0 Å². The number of carbonyl (C=O) groups is 1. The molecular weight excluding hydrogens is 374 g/mol. The fourth-order valence-corrected chi connectivity index (χ4v) is 3.15. The van der Waals surface area contributed by atoms with Gasteiger partial charge in [0.2, 0.25) is 0 Å². The van der Waals surface area contributed by atoms with Crippen molar-refractivity contribution in [1.82, 2.24) is 10.2 Å². The lowest BCUT2D eigenvalue weighted by atomic mass is 10.0. The van der Waals surface area contributed by atoms with E-state index >= 15 is 0 Å². The maximum atomic E-state index is 11.8. The average molecular weight is 396 g/mol. The van der Waals surface area contributed by atoms with Gasteiger partial charge in [0.15, 0.2) is 11.4 Å². The lowest BCUT2D eigenvalue weighted by molar-refractivity contribution is 0.0983. The Morgan fingerprint density at radius 2 is 2.23 bits per heavy atom. The highest BCUT2D eigenvalue weighted by atomic mass is 35.5. The summed E-state index contributed by atoms with van der Waals surface area (Å²) in [5, 5.41) is 15.9. The van der Waals surface area contributed by atoms with Crippen molar-refractivity contribution in [2.75, 3.05) is 31.3 Å². The summed E-state index contributed by atoms with van der Waals surface area (Å²) in [7, 11) is 0. The molecule has 1 aromatic rings. The Hall–Kier alpha value is -2.11. The molecule has 0 saturated carbocycles. The summed E-state index contributed by atoms with van der Waals surface area (Å²) in [6.07, 6.45) is 5.09. The zero-order valence-electron chi connectivity index (χ0n) is 14.8. The summed E-state index contributed by atoms with van der Waals surface area (Å²) in [5.41, 5.74) is 1.51. The molecule has 0 aromatic heterocycles. The number of hydrogen-bond acceptors (Lipinski definition) is 6. The Balaban J connectivity index is 2.06. The summed E-state index contributed by atoms with van der Waals surface area (Å²) in [5.74, 6) is 0. The van der Waals surface area contributed by atoms with Crippen LogP contribution in [0.15, 0.2) is 23.2 Å². The van der Waals surface area contributed by atoms with E-state index in [1.807, 2.05) is 18.5 Å². The van der Waals surface area contributed by atoms with Crippen LogP contribution in [0.5, 0.6) is 0 Å². The highest BCUT2D eigenvalue weighted by Gasteiger charge is 2.24. The van der Waals surface area contributed by atoms with Gasteiger partial charge in [-0.1, -0.05) is 23.4 Å². The maximum Gasteiger partial charge on any atom is 0.409 e. The third kappa shape index (κ3) is 5.71. The van der Waals surface area contributed by atoms with Gasteiger partial charge in [-0.15, -0.1) is 0 Å². The quantitative estimate of drug-likeness (QED) is 0.349. The van der Waals surface area contributed by atoms with Gasteiger partial charge in [0.1, 0.15) is 0 Å². The van der Waals surface area contributed by atoms with E-state index in [1.54, 1.807) is 24.0 Å². The first-order chi connectivity index (χ1) is 12.6. The van der Waals surface area contributed by atoms with Crippen molar-refractivity contribution in [2.45, 2.75) is 25.8 Å². The molecule has 1 aromatic carbocycles. The number of benzene rings is 1. The molecule has 0 unspecified atom stereocenters. The van der Waals surface area contributed by atoms with Crippen molar-refractivity contribution in [2.24, 2.45) is 4.99 Å². The molecule has 1 saturated heterocycles. The molecule has 2 rings (SSSR count). The van der Waals surface area contributed by atoms with Crippen LogP contribution in [-0.2, 0) is 4.74 Å². The Kier molecular flexibility index (Phi) is 7.88. The van der Waals surface area contributed by atoms with E-state index in [-0.39, 0.29) is 12.1 Å². The Morgan fingerprint density at radius 3 is 2.85 bits per heavy atom. The maximum absolute atomic E-state index is 11.8. The molecule has 9 heteroatoms. The first kappa shape index (κ1) is 20.2. The number of rotatable bonds is 4. The number of amides is 1. The van der Waals surface area contributed by atoms with Gasteiger partial charge in [-0.3, -0.25) is 5.32 Å². The van der Waals surface area contributed by atoms with Crippen LogP contribution in [0.4, 0.5) is 16.2 Å². The second kappa shape index (κ2) is 10.1. The largest absolute Gasteiger partial charge is 0.450 e. The number of nitrogens with zero attached hydrogens (tertiary/aromatic N) is 3. The Morgan fingerprint density at radius 1 is 1.50 bits per heavy atom. The number of hydrogen-bond donors (Lipinski definition) is 2. The van der Waals surface area contributed by atoms with Crippen molar-refractivity contribution >= 4 is 46.0 Å². The molecule has 0 spiro atoms. The van der Waals surface area contributed by atoms with E-state index in [1.165, 1.54) is 11.8 Å². The first-order valence-corrected chi connectivity index (χ1v) is 9.93. The van der Waals surface area contributed by atoms with Gasteiger partial charge in [-0.05, 0) is 44.2 Å². The topological polar surface area (TPSA) is 89.8 Å². The second-order valence-corrected chi connectivity index (χ2v) is 6.86. The summed E-state index contributed by atoms with van der Waals surface area (Å²) in [4.78, 5) is 18.0. The van der Waals surface area contributed by atoms with Crippen LogP contribution < -0.4 is 10.6 Å². The molecule has 2 N–H and O–H groups in total. The second-order valence-electron chi connectivity index (χ2n) is 5.62. The highest BCUT2D eigenvalue weighted by Crippen LogP contribution is 2.31. The molecule has 0 bridgehead atoms. The molecule has 1 amide bonds. The van der Waals surface area contributed by atoms with Gasteiger partial charge in [-0.2, -0.15) is 5.26 Å². The van der Waals surface area contributed by atoms with Crippen molar-refractivity contribution in [3.05, 3.63) is 23.2 Å². The standard InChI is InChI=1S/C17H22ClN5O2S/c1-3-25-17(24)23-8-6-13(7-9-23)21-14-5-4-12(18)10-15(14)22-16(26-2)20-11-19/h4-5,10,13,21H,3,6-9H2,1-2H3,(H,20,22). The number of likely N-dealkylation sites (tertiary alicyclic amines) is 1. The smallest absolute Gasteiger partial charge is 0.409 e. The van der Waals surface area contributed by atoms with Gasteiger partial charge < -0.3 is 15.0 Å². The lowest BCUT2D eigenvalue weighted by Gasteiger charge is -2.32. The van der Waals surface area contributed by atoms with E-state index in [9.17, 15) is 4.79 Å². The third-order valence-corrected chi connectivity index (χ3v) is 4.73. The van der Waals surface area contributed by atoms with Crippen LogP contribution in [0.3, 0.4) is 0 Å². The number of ether oxygens (including phenoxy) is 1. The van der Waals surface area contributed by atoms with Gasteiger partial charge in [0.25, 0.3) is 0 Å². The van der Waals surface area contributed by atoms with Crippen LogP contribution in [0.25, 0.3) is 0 Å². The molecule has 0 aliphatic carbocycles. The lowest BCUT2D eigenvalue weighted by Crippen LogP contribution is -2.42. The van der Waals surface area contributed by atoms with Crippen LogP contribution in [0, 0.1) is 11.5 Å². The minimum Gasteiger partial charge on any atom is -0.450 e. The van der Waals surface area contributed by atoms with Crippen LogP contribution in [0.2, 0.25) is 5.02 Å². The van der Waals surface area contributed by atoms with Crippen molar-refractivity contribution < 1.29 is 9.53 Å². The number of nitrogens with one attached hydrogen (secondary N) is 2. The van der Waals surface area contributed by atoms with Gasteiger partial charge >= 0.3 is 6.09 Å². The zero-order chi connectivity index (χ0) is 18.9. The third-order valence-electron chi connectivity index (χ3n) is 3.92. The van der Waals surface area contributed by atoms with Gasteiger partial charge in [0.05, 0.1) is 18.0 Å². The summed E-state index contributed by atoms with van der Waals surface area (Å²) >= 11 is 7.45. The normalized spacial score (nSPS) is 15.3. The van der Waals surface area contributed by atoms with Gasteiger partial charge in [0, 0.05) is 24.2 Å². The van der Waals surface area contributed by atoms with Gasteiger partial charge in [-0.25, -0.2) is 9.79 Å². The number of amidine groups is 1. The zero-order valence-corrected chi connectivity index (χ0v) is 16.4. The van der Waals surface area contributed by atoms with Crippen molar-refractivity contribution in [3.8, 4) is 6.19 Å². The molecule has 0 atom stereocenters. The molecule has 140 valence electrons. The molecule has 1 heterocycles. The highest BCUT2D eigenvalue weighted by molar-refractivity contribution is 8.13. The molecule has 1 aliphatic rings.